The van der Waals surface area contributed by atoms with E-state index < -0.39 is 23.3 Å². The number of aryl methyl sites for hydroxylation is 1. The third-order valence-corrected chi connectivity index (χ3v) is 3.82. The molecule has 1 N–H and O–H groups in total. The molecule has 0 spiro atoms. The van der Waals surface area contributed by atoms with Crippen LogP contribution in [0.2, 0.25) is 0 Å². The van der Waals surface area contributed by atoms with Crippen LogP contribution in [0, 0.1) is 17.0 Å². The van der Waals surface area contributed by atoms with Crippen LogP contribution in [0.3, 0.4) is 0 Å². The average Bonchev–Trinajstić information content (AvgIpc) is 2.66. The molecular weight excluding hydrogens is 366 g/mol. The second kappa shape index (κ2) is 9.36. The van der Waals surface area contributed by atoms with E-state index in [0.29, 0.717) is 17.0 Å². The van der Waals surface area contributed by atoms with Gasteiger partial charge in [0, 0.05) is 24.9 Å². The van der Waals surface area contributed by atoms with Gasteiger partial charge in [0.25, 0.3) is 5.91 Å². The molecule has 9 nitrogen and oxygen atoms in total. The first-order chi connectivity index (χ1) is 13.3. The van der Waals surface area contributed by atoms with Gasteiger partial charge in [0.05, 0.1) is 18.6 Å². The lowest BCUT2D eigenvalue weighted by Crippen LogP contribution is -2.37. The van der Waals surface area contributed by atoms with Crippen molar-refractivity contribution in [2.75, 3.05) is 32.6 Å². The summed E-state index contributed by atoms with van der Waals surface area (Å²) in [6, 6.07) is 11.3. The maximum atomic E-state index is 12.2. The fraction of sp³-hybridized carbons (Fsp3) is 0.263. The molecule has 2 aromatic rings. The van der Waals surface area contributed by atoms with Gasteiger partial charge in [-0.15, -0.1) is 0 Å². The summed E-state index contributed by atoms with van der Waals surface area (Å²) in [6.45, 7) is 1.10. The molecule has 2 amide bonds. The van der Waals surface area contributed by atoms with E-state index in [1.807, 2.05) is 0 Å². The zero-order valence-electron chi connectivity index (χ0n) is 15.8. The molecule has 0 fully saturated rings. The van der Waals surface area contributed by atoms with Crippen LogP contribution in [-0.4, -0.2) is 48.9 Å². The van der Waals surface area contributed by atoms with E-state index in [0.717, 1.165) is 0 Å². The number of hydrogen-bond acceptors (Lipinski definition) is 6. The van der Waals surface area contributed by atoms with E-state index in [1.165, 1.54) is 31.2 Å². The molecule has 0 unspecified atom stereocenters. The normalized spacial score (nSPS) is 10.1. The quantitative estimate of drug-likeness (QED) is 0.550. The van der Waals surface area contributed by atoms with Gasteiger partial charge >= 0.3 is 5.69 Å². The number of amides is 2. The number of methoxy groups -OCH3 is 1. The number of benzene rings is 2. The zero-order valence-corrected chi connectivity index (χ0v) is 15.8. The Morgan fingerprint density at radius 2 is 1.96 bits per heavy atom. The minimum Gasteiger partial charge on any atom is -0.497 e. The monoisotopic (exact) mass is 387 g/mol. The maximum absolute atomic E-state index is 12.2. The van der Waals surface area contributed by atoms with Gasteiger partial charge in [0.1, 0.15) is 5.75 Å². The summed E-state index contributed by atoms with van der Waals surface area (Å²) in [5, 5.41) is 13.7. The third kappa shape index (κ3) is 5.70. The highest BCUT2D eigenvalue weighted by atomic mass is 16.6. The van der Waals surface area contributed by atoms with Crippen molar-refractivity contribution in [1.82, 2.24) is 4.90 Å². The van der Waals surface area contributed by atoms with Crippen molar-refractivity contribution >= 4 is 23.2 Å². The van der Waals surface area contributed by atoms with Crippen LogP contribution < -0.4 is 14.8 Å². The van der Waals surface area contributed by atoms with Crippen molar-refractivity contribution in [2.45, 2.75) is 6.92 Å². The number of rotatable bonds is 8. The van der Waals surface area contributed by atoms with Crippen LogP contribution in [0.4, 0.5) is 11.4 Å². The smallest absolute Gasteiger partial charge is 0.311 e. The molecule has 0 saturated carbocycles. The number of carbonyl (C=O) groups is 2. The van der Waals surface area contributed by atoms with Crippen LogP contribution in [-0.2, 0) is 9.59 Å². The SMILES string of the molecule is COc1cccc(NC(=O)CN(C)C(=O)COc2ccc(C)cc2[N+](=O)[O-])c1. The summed E-state index contributed by atoms with van der Waals surface area (Å²) in [6.07, 6.45) is 0. The van der Waals surface area contributed by atoms with Gasteiger partial charge < -0.3 is 19.7 Å². The maximum Gasteiger partial charge on any atom is 0.311 e. The summed E-state index contributed by atoms with van der Waals surface area (Å²) < 4.78 is 10.4. The fourth-order valence-electron chi connectivity index (χ4n) is 2.35. The summed E-state index contributed by atoms with van der Waals surface area (Å²) in [4.78, 5) is 36.0. The topological polar surface area (TPSA) is 111 Å². The Kier molecular flexibility index (Phi) is 6.91. The summed E-state index contributed by atoms with van der Waals surface area (Å²) in [7, 11) is 2.96. The van der Waals surface area contributed by atoms with Crippen molar-refractivity contribution in [3.8, 4) is 11.5 Å². The second-order valence-electron chi connectivity index (χ2n) is 6.05. The molecule has 2 rings (SSSR count). The molecule has 9 heteroatoms. The largest absolute Gasteiger partial charge is 0.497 e. The lowest BCUT2D eigenvalue weighted by Gasteiger charge is -2.17. The van der Waals surface area contributed by atoms with Crippen LogP contribution >= 0.6 is 0 Å². The molecule has 0 saturated heterocycles. The molecule has 0 aliphatic rings. The van der Waals surface area contributed by atoms with E-state index in [9.17, 15) is 19.7 Å². The Morgan fingerprint density at radius 1 is 1.21 bits per heavy atom. The van der Waals surface area contributed by atoms with Gasteiger partial charge in [-0.2, -0.15) is 0 Å². The van der Waals surface area contributed by atoms with Gasteiger partial charge in [0.2, 0.25) is 5.91 Å². The first kappa shape index (κ1) is 20.7. The van der Waals surface area contributed by atoms with Crippen molar-refractivity contribution in [1.29, 1.82) is 0 Å². The van der Waals surface area contributed by atoms with Crippen molar-refractivity contribution < 1.29 is 24.0 Å². The zero-order chi connectivity index (χ0) is 20.7. The van der Waals surface area contributed by atoms with Gasteiger partial charge in [0.15, 0.2) is 12.4 Å². The van der Waals surface area contributed by atoms with Crippen molar-refractivity contribution in [3.63, 3.8) is 0 Å². The number of nitrogens with zero attached hydrogens (tertiary/aromatic N) is 2. The van der Waals surface area contributed by atoms with Crippen LogP contribution in [0.25, 0.3) is 0 Å². The molecule has 2 aromatic carbocycles. The Morgan fingerprint density at radius 3 is 2.64 bits per heavy atom. The molecule has 0 aromatic heterocycles. The van der Waals surface area contributed by atoms with Crippen LogP contribution in [0.1, 0.15) is 5.56 Å². The molecule has 0 bridgehead atoms. The molecule has 0 aliphatic heterocycles. The average molecular weight is 387 g/mol. The number of nitrogens with one attached hydrogen (secondary N) is 1. The number of hydrogen-bond donors (Lipinski definition) is 1. The Bertz CT molecular complexity index is 884. The lowest BCUT2D eigenvalue weighted by molar-refractivity contribution is -0.385. The molecule has 0 heterocycles. The highest BCUT2D eigenvalue weighted by Gasteiger charge is 2.18. The molecule has 28 heavy (non-hydrogen) atoms. The summed E-state index contributed by atoms with van der Waals surface area (Å²) in [5.41, 5.74) is 1.03. The molecule has 0 radical (unpaired) electrons. The second-order valence-corrected chi connectivity index (χ2v) is 6.05. The predicted octanol–water partition coefficient (Wildman–Crippen LogP) is 2.39. The van der Waals surface area contributed by atoms with E-state index >= 15 is 0 Å². The number of likely N-dealkylation sites (N-methyl/N-ethyl adjacent to an activating group) is 1. The van der Waals surface area contributed by atoms with Gasteiger partial charge in [-0.3, -0.25) is 19.7 Å². The minimum atomic E-state index is -0.571. The highest BCUT2D eigenvalue weighted by Crippen LogP contribution is 2.27. The van der Waals surface area contributed by atoms with Crippen molar-refractivity contribution in [3.05, 3.63) is 58.1 Å². The number of anilines is 1. The summed E-state index contributed by atoms with van der Waals surface area (Å²) in [5.74, 6) is -0.297. The van der Waals surface area contributed by atoms with E-state index in [-0.39, 0.29) is 18.0 Å². The van der Waals surface area contributed by atoms with E-state index in [1.54, 1.807) is 37.3 Å². The molecule has 0 atom stereocenters. The Hall–Kier alpha value is -3.62. The number of nitro groups is 1. The standard InChI is InChI=1S/C19H21N3O6/c1-13-7-8-17(16(9-13)22(25)26)28-12-19(24)21(2)11-18(23)20-14-5-4-6-15(10-14)27-3/h4-10H,11-12H2,1-3H3,(H,20,23). The molecule has 0 aliphatic carbocycles. The van der Waals surface area contributed by atoms with E-state index in [2.05, 4.69) is 5.32 Å². The van der Waals surface area contributed by atoms with Crippen molar-refractivity contribution in [2.24, 2.45) is 0 Å². The first-order valence-electron chi connectivity index (χ1n) is 8.36. The third-order valence-electron chi connectivity index (χ3n) is 3.82. The number of carbonyl (C=O) groups excluding carboxylic acids is 2. The predicted molar refractivity (Wildman–Crippen MR) is 103 cm³/mol. The lowest BCUT2D eigenvalue weighted by atomic mass is 10.2. The number of nitro benzene ring substituents is 1. The van der Waals surface area contributed by atoms with Gasteiger partial charge in [-0.05, 0) is 30.7 Å². The summed E-state index contributed by atoms with van der Waals surface area (Å²) >= 11 is 0. The molecule has 148 valence electrons. The fourth-order valence-corrected chi connectivity index (χ4v) is 2.35. The first-order valence-corrected chi connectivity index (χ1v) is 8.36. The number of ether oxygens (including phenoxy) is 2. The van der Waals surface area contributed by atoms with Crippen LogP contribution in [0.5, 0.6) is 11.5 Å². The highest BCUT2D eigenvalue weighted by molar-refractivity contribution is 5.94. The Labute approximate surface area is 162 Å². The van der Waals surface area contributed by atoms with E-state index in [4.69, 9.17) is 9.47 Å². The Balaban J connectivity index is 1.90. The van der Waals surface area contributed by atoms with Gasteiger partial charge in [-0.25, -0.2) is 0 Å². The van der Waals surface area contributed by atoms with Gasteiger partial charge in [-0.1, -0.05) is 12.1 Å². The minimum absolute atomic E-state index is 0.00168. The van der Waals surface area contributed by atoms with Crippen LogP contribution in [0.15, 0.2) is 42.5 Å². The molecular formula is C19H21N3O6.